The van der Waals surface area contributed by atoms with E-state index in [1.165, 1.54) is 12.1 Å². The van der Waals surface area contributed by atoms with E-state index in [9.17, 15) is 19.2 Å². The number of hydrogen-bond acceptors (Lipinski definition) is 6. The van der Waals surface area contributed by atoms with Crippen molar-refractivity contribution in [2.24, 2.45) is 0 Å². The lowest BCUT2D eigenvalue weighted by atomic mass is 10.1. The van der Waals surface area contributed by atoms with Gasteiger partial charge in [0, 0.05) is 25.3 Å². The molecule has 3 aromatic rings. The van der Waals surface area contributed by atoms with Gasteiger partial charge in [-0.1, -0.05) is 0 Å². The molecule has 2 atom stereocenters. The second-order valence-corrected chi connectivity index (χ2v) is 6.63. The van der Waals surface area contributed by atoms with Gasteiger partial charge >= 0.3 is 0 Å². The fourth-order valence-corrected chi connectivity index (χ4v) is 3.44. The molecule has 0 amide bonds. The van der Waals surface area contributed by atoms with Crippen LogP contribution in [-0.4, -0.2) is 32.6 Å². The molecular weight excluding hydrogens is 340 g/mol. The third-order valence-electron chi connectivity index (χ3n) is 4.93. The monoisotopic (exact) mass is 360 g/mol. The normalized spacial score (nSPS) is 14.3. The van der Waals surface area contributed by atoms with Gasteiger partial charge in [-0.15, -0.1) is 0 Å². The lowest BCUT2D eigenvalue weighted by Gasteiger charge is -2.09. The Balaban J connectivity index is 2.35. The number of nitrogens with zero attached hydrogens (tertiary/aromatic N) is 2. The number of aliphatic hydroxyl groups excluding tert-OH is 2. The minimum atomic E-state index is -0.532. The summed E-state index contributed by atoms with van der Waals surface area (Å²) in [6.07, 6.45) is 0.491. The van der Waals surface area contributed by atoms with Crippen LogP contribution in [0.25, 0.3) is 21.5 Å². The number of hydrogen-bond donors (Lipinski definition) is 2. The highest BCUT2D eigenvalue weighted by Gasteiger charge is 2.22. The van der Waals surface area contributed by atoms with Crippen molar-refractivity contribution in [3.8, 4) is 0 Å². The van der Waals surface area contributed by atoms with Crippen LogP contribution in [0.5, 0.6) is 0 Å². The van der Waals surface area contributed by atoms with Crippen LogP contribution < -0.4 is 22.2 Å². The second-order valence-electron chi connectivity index (χ2n) is 6.63. The fourth-order valence-electron chi connectivity index (χ4n) is 3.44. The van der Waals surface area contributed by atoms with E-state index >= 15 is 0 Å². The first kappa shape index (κ1) is 18.2. The molecule has 2 unspecified atom stereocenters. The van der Waals surface area contributed by atoms with Gasteiger partial charge in [0.2, 0.25) is 0 Å². The molecule has 0 aliphatic heterocycles. The summed E-state index contributed by atoms with van der Waals surface area (Å²) in [6, 6.07) is 1.63. The predicted molar refractivity (Wildman–Crippen MR) is 97.7 cm³/mol. The van der Waals surface area contributed by atoms with Crippen LogP contribution in [0.1, 0.15) is 38.8 Å². The zero-order valence-electron chi connectivity index (χ0n) is 14.6. The van der Waals surface area contributed by atoms with Crippen LogP contribution in [0.15, 0.2) is 31.3 Å². The van der Waals surface area contributed by atoms with Gasteiger partial charge in [-0.3, -0.25) is 28.3 Å². The predicted octanol–water partition coefficient (Wildman–Crippen LogP) is -0.201. The first-order chi connectivity index (χ1) is 12.3. The Bertz CT molecular complexity index is 1010. The summed E-state index contributed by atoms with van der Waals surface area (Å²) in [5, 5.41) is 18.5. The number of benzene rings is 1. The van der Waals surface area contributed by atoms with Crippen molar-refractivity contribution in [2.75, 3.05) is 13.2 Å². The number of fused-ring (bicyclic) bond motifs is 2. The second kappa shape index (κ2) is 6.62. The lowest BCUT2D eigenvalue weighted by Crippen LogP contribution is -2.29. The Labute approximate surface area is 147 Å². The fraction of sp³-hybridized carbons (Fsp3) is 0.444. The summed E-state index contributed by atoms with van der Waals surface area (Å²) in [5.74, 6) is 0. The Morgan fingerprint density at radius 3 is 1.19 bits per heavy atom. The standard InChI is InChI=1S/C18H20N2O6/c1-9(3-5-21)19-15(23)11-7-13-14(8-12(11)16(19)24)18(26)20(17(13)25)10(2)4-6-22/h7-10,21-22H,3-6H2,1-2H3. The van der Waals surface area contributed by atoms with E-state index in [0.29, 0.717) is 0 Å². The summed E-state index contributed by atoms with van der Waals surface area (Å²) in [4.78, 5) is 50.4. The molecule has 2 aromatic heterocycles. The van der Waals surface area contributed by atoms with E-state index in [1.807, 2.05) is 0 Å². The van der Waals surface area contributed by atoms with Crippen LogP contribution in [0.4, 0.5) is 0 Å². The van der Waals surface area contributed by atoms with Crippen molar-refractivity contribution in [1.82, 2.24) is 9.13 Å². The van der Waals surface area contributed by atoms with Crippen LogP contribution in [0.2, 0.25) is 0 Å². The zero-order chi connectivity index (χ0) is 19.2. The lowest BCUT2D eigenvalue weighted by molar-refractivity contribution is 0.260. The Hall–Kier alpha value is -2.58. The van der Waals surface area contributed by atoms with Gasteiger partial charge < -0.3 is 10.2 Å². The van der Waals surface area contributed by atoms with E-state index in [0.717, 1.165) is 9.13 Å². The molecule has 138 valence electrons. The van der Waals surface area contributed by atoms with Crippen LogP contribution in [0, 0.1) is 0 Å². The molecule has 0 aliphatic carbocycles. The van der Waals surface area contributed by atoms with Gasteiger partial charge in [0.05, 0.1) is 21.5 Å². The average molecular weight is 360 g/mol. The Morgan fingerprint density at radius 2 is 0.962 bits per heavy atom. The van der Waals surface area contributed by atoms with Crippen LogP contribution in [-0.2, 0) is 0 Å². The summed E-state index contributed by atoms with van der Waals surface area (Å²) in [7, 11) is 0. The largest absolute Gasteiger partial charge is 0.396 e. The van der Waals surface area contributed by atoms with Crippen molar-refractivity contribution >= 4 is 21.5 Å². The van der Waals surface area contributed by atoms with Crippen LogP contribution in [0.3, 0.4) is 0 Å². The summed E-state index contributed by atoms with van der Waals surface area (Å²) in [6.45, 7) is 2.97. The first-order valence-corrected chi connectivity index (χ1v) is 8.49. The molecule has 0 fully saturated rings. The smallest absolute Gasteiger partial charge is 0.261 e. The first-order valence-electron chi connectivity index (χ1n) is 8.49. The zero-order valence-corrected chi connectivity index (χ0v) is 14.6. The highest BCUT2D eigenvalue weighted by molar-refractivity contribution is 5.97. The van der Waals surface area contributed by atoms with E-state index in [4.69, 9.17) is 10.2 Å². The van der Waals surface area contributed by atoms with Crippen molar-refractivity contribution in [3.05, 3.63) is 53.5 Å². The number of aliphatic hydroxyl groups is 2. The molecule has 3 rings (SSSR count). The summed E-state index contributed by atoms with van der Waals surface area (Å²) >= 11 is 0. The van der Waals surface area contributed by atoms with Gasteiger partial charge in [0.15, 0.2) is 0 Å². The van der Waals surface area contributed by atoms with Gasteiger partial charge in [-0.05, 0) is 38.8 Å². The molecule has 1 aromatic carbocycles. The van der Waals surface area contributed by atoms with Gasteiger partial charge in [0.1, 0.15) is 0 Å². The molecule has 0 saturated heterocycles. The molecule has 2 N–H and O–H groups in total. The molecule has 0 aliphatic rings. The van der Waals surface area contributed by atoms with Crippen molar-refractivity contribution < 1.29 is 10.2 Å². The van der Waals surface area contributed by atoms with Crippen molar-refractivity contribution in [1.29, 1.82) is 0 Å². The average Bonchev–Trinajstić information content (AvgIpc) is 2.98. The molecule has 0 spiro atoms. The summed E-state index contributed by atoms with van der Waals surface area (Å²) < 4.78 is 2.11. The molecule has 0 saturated carbocycles. The molecular formula is C18H20N2O6. The SMILES string of the molecule is CC(CCO)n1c(=O)c2cc3c(=O)n(C(C)CCO)c(=O)c3cc2c1=O. The quantitative estimate of drug-likeness (QED) is 0.628. The number of rotatable bonds is 6. The molecule has 2 heterocycles. The molecule has 26 heavy (non-hydrogen) atoms. The molecule has 8 heteroatoms. The highest BCUT2D eigenvalue weighted by atomic mass is 16.3. The third kappa shape index (κ3) is 2.53. The maximum atomic E-state index is 12.6. The minimum absolute atomic E-state index is 0.0938. The van der Waals surface area contributed by atoms with E-state index in [-0.39, 0.29) is 47.6 Å². The minimum Gasteiger partial charge on any atom is -0.396 e. The van der Waals surface area contributed by atoms with E-state index in [1.54, 1.807) is 13.8 Å². The summed E-state index contributed by atoms with van der Waals surface area (Å²) in [5.41, 5.74) is -2.13. The van der Waals surface area contributed by atoms with E-state index < -0.39 is 34.3 Å². The Kier molecular flexibility index (Phi) is 4.64. The molecule has 0 radical (unpaired) electrons. The van der Waals surface area contributed by atoms with Crippen molar-refractivity contribution in [3.63, 3.8) is 0 Å². The van der Waals surface area contributed by atoms with Gasteiger partial charge in [-0.2, -0.15) is 0 Å². The van der Waals surface area contributed by atoms with Crippen LogP contribution >= 0.6 is 0 Å². The Morgan fingerprint density at radius 1 is 0.692 bits per heavy atom. The van der Waals surface area contributed by atoms with E-state index in [2.05, 4.69) is 0 Å². The molecule has 0 bridgehead atoms. The maximum Gasteiger partial charge on any atom is 0.261 e. The van der Waals surface area contributed by atoms with Gasteiger partial charge in [0.25, 0.3) is 22.2 Å². The third-order valence-corrected chi connectivity index (χ3v) is 4.93. The molecule has 8 nitrogen and oxygen atoms in total. The van der Waals surface area contributed by atoms with Crippen molar-refractivity contribution in [2.45, 2.75) is 38.8 Å². The number of aromatic nitrogens is 2. The van der Waals surface area contributed by atoms with Gasteiger partial charge in [-0.25, -0.2) is 0 Å². The highest BCUT2D eigenvalue weighted by Crippen LogP contribution is 2.18. The topological polar surface area (TPSA) is 119 Å². The maximum absolute atomic E-state index is 12.6.